The molecule has 0 saturated heterocycles. The van der Waals surface area contributed by atoms with Crippen molar-refractivity contribution in [1.82, 2.24) is 10.2 Å². The average Bonchev–Trinajstić information content (AvgIpc) is 2.80. The van der Waals surface area contributed by atoms with Crippen LogP contribution >= 0.6 is 50.7 Å². The second kappa shape index (κ2) is 13.0. The number of nitrogens with one attached hydrogen (secondary N) is 1. The fraction of sp³-hybridized carbons (Fsp3) is 0.440. The van der Waals surface area contributed by atoms with Gasteiger partial charge in [-0.05, 0) is 55.2 Å². The summed E-state index contributed by atoms with van der Waals surface area (Å²) in [6, 6.07) is 9.75. The third kappa shape index (κ3) is 7.51. The van der Waals surface area contributed by atoms with Gasteiger partial charge >= 0.3 is 0 Å². The highest BCUT2D eigenvalue weighted by Gasteiger charge is 2.31. The number of benzene rings is 2. The molecule has 2 amide bonds. The van der Waals surface area contributed by atoms with E-state index in [9.17, 15) is 9.59 Å². The second-order valence-corrected chi connectivity index (χ2v) is 10.6. The van der Waals surface area contributed by atoms with Crippen molar-refractivity contribution in [3.05, 3.63) is 61.5 Å². The Kier molecular flexibility index (Phi) is 10.4. The summed E-state index contributed by atoms with van der Waals surface area (Å²) in [5.41, 5.74) is 0.699. The molecule has 1 fully saturated rings. The Morgan fingerprint density at radius 1 is 1.09 bits per heavy atom. The van der Waals surface area contributed by atoms with Crippen LogP contribution in [0.3, 0.4) is 0 Å². The summed E-state index contributed by atoms with van der Waals surface area (Å²) in [5, 5.41) is 4.47. The van der Waals surface area contributed by atoms with Gasteiger partial charge in [0.2, 0.25) is 5.91 Å². The number of carbonyl (C=O) groups is 2. The molecule has 0 spiro atoms. The van der Waals surface area contributed by atoms with Crippen molar-refractivity contribution in [2.45, 2.75) is 64.1 Å². The maximum absolute atomic E-state index is 13.4. The minimum Gasteiger partial charge on any atom is -0.482 e. The highest BCUT2D eigenvalue weighted by Crippen LogP contribution is 2.28. The Labute approximate surface area is 224 Å². The molecule has 0 aromatic heterocycles. The summed E-state index contributed by atoms with van der Waals surface area (Å²) in [7, 11) is 0. The summed E-state index contributed by atoms with van der Waals surface area (Å²) in [6.07, 6.45) is 5.78. The Hall–Kier alpha value is -1.47. The van der Waals surface area contributed by atoms with E-state index in [-0.39, 0.29) is 31.0 Å². The Morgan fingerprint density at radius 2 is 1.82 bits per heavy atom. The highest BCUT2D eigenvalue weighted by molar-refractivity contribution is 9.10. The van der Waals surface area contributed by atoms with Crippen molar-refractivity contribution in [2.75, 3.05) is 6.61 Å². The summed E-state index contributed by atoms with van der Waals surface area (Å²) < 4.78 is 6.52. The van der Waals surface area contributed by atoms with E-state index in [0.29, 0.717) is 32.8 Å². The predicted octanol–water partition coefficient (Wildman–Crippen LogP) is 7.04. The van der Waals surface area contributed by atoms with Crippen LogP contribution in [0.1, 0.15) is 51.0 Å². The van der Waals surface area contributed by atoms with Crippen LogP contribution in [0.15, 0.2) is 40.9 Å². The van der Waals surface area contributed by atoms with E-state index in [0.717, 1.165) is 30.2 Å². The molecule has 3 rings (SSSR count). The van der Waals surface area contributed by atoms with Crippen molar-refractivity contribution in [3.8, 4) is 5.75 Å². The van der Waals surface area contributed by atoms with E-state index in [1.165, 1.54) is 11.3 Å². The van der Waals surface area contributed by atoms with Gasteiger partial charge in [0.1, 0.15) is 11.8 Å². The number of nitrogens with zero attached hydrogens (tertiary/aromatic N) is 1. The van der Waals surface area contributed by atoms with Gasteiger partial charge in [-0.1, -0.05) is 83.0 Å². The smallest absolute Gasteiger partial charge is 0.261 e. The number of rotatable bonds is 9. The molecule has 2 aromatic rings. The van der Waals surface area contributed by atoms with Gasteiger partial charge in [-0.15, -0.1) is 0 Å². The lowest BCUT2D eigenvalue weighted by Gasteiger charge is -2.33. The van der Waals surface area contributed by atoms with Gasteiger partial charge in [-0.25, -0.2) is 0 Å². The van der Waals surface area contributed by atoms with Crippen LogP contribution in [-0.4, -0.2) is 35.4 Å². The number of amides is 2. The Balaban J connectivity index is 1.80. The first-order valence-electron chi connectivity index (χ1n) is 11.4. The molecule has 184 valence electrons. The molecule has 1 atom stereocenters. The fourth-order valence-corrected chi connectivity index (χ4v) is 5.31. The molecule has 1 saturated carbocycles. The summed E-state index contributed by atoms with van der Waals surface area (Å²) in [5.74, 6) is -0.104. The molecule has 1 unspecified atom stereocenters. The number of halogens is 4. The first kappa shape index (κ1) is 27.1. The fourth-order valence-electron chi connectivity index (χ4n) is 4.11. The normalized spacial score (nSPS) is 15.0. The number of hydrogen-bond acceptors (Lipinski definition) is 3. The monoisotopic (exact) mass is 588 g/mol. The maximum Gasteiger partial charge on any atom is 0.261 e. The topological polar surface area (TPSA) is 58.6 Å². The molecule has 2 aromatic carbocycles. The van der Waals surface area contributed by atoms with E-state index in [1.807, 2.05) is 6.92 Å². The van der Waals surface area contributed by atoms with E-state index in [2.05, 4.69) is 21.2 Å². The van der Waals surface area contributed by atoms with Crippen LogP contribution in [0, 0.1) is 0 Å². The molecule has 34 heavy (non-hydrogen) atoms. The molecule has 1 N–H and O–H groups in total. The van der Waals surface area contributed by atoms with Crippen molar-refractivity contribution in [2.24, 2.45) is 0 Å². The maximum atomic E-state index is 13.4. The molecule has 9 heteroatoms. The molecule has 0 bridgehead atoms. The van der Waals surface area contributed by atoms with Gasteiger partial charge in [-0.2, -0.15) is 0 Å². The molecule has 1 aliphatic rings. The first-order valence-corrected chi connectivity index (χ1v) is 13.3. The van der Waals surface area contributed by atoms with Crippen LogP contribution < -0.4 is 10.1 Å². The summed E-state index contributed by atoms with van der Waals surface area (Å²) in [6.45, 7) is 1.78. The highest BCUT2D eigenvalue weighted by atomic mass is 79.9. The van der Waals surface area contributed by atoms with Crippen molar-refractivity contribution in [3.63, 3.8) is 0 Å². The van der Waals surface area contributed by atoms with Crippen molar-refractivity contribution < 1.29 is 14.3 Å². The Morgan fingerprint density at radius 3 is 2.47 bits per heavy atom. The zero-order valence-corrected chi connectivity index (χ0v) is 22.8. The quantitative estimate of drug-likeness (QED) is 0.341. The lowest BCUT2D eigenvalue weighted by Crippen LogP contribution is -2.52. The minimum atomic E-state index is -0.662. The summed E-state index contributed by atoms with van der Waals surface area (Å²) >= 11 is 22.0. The van der Waals surface area contributed by atoms with E-state index < -0.39 is 6.04 Å². The Bertz CT molecular complexity index is 1010. The molecule has 0 radical (unpaired) electrons. The zero-order chi connectivity index (χ0) is 24.7. The van der Waals surface area contributed by atoms with E-state index in [4.69, 9.17) is 39.5 Å². The third-order valence-corrected chi connectivity index (χ3v) is 7.31. The van der Waals surface area contributed by atoms with Crippen LogP contribution in [0.25, 0.3) is 0 Å². The number of carbonyl (C=O) groups excluding carboxylic acids is 2. The van der Waals surface area contributed by atoms with Gasteiger partial charge in [0.25, 0.3) is 5.91 Å². The van der Waals surface area contributed by atoms with Crippen LogP contribution in [0.5, 0.6) is 5.75 Å². The van der Waals surface area contributed by atoms with Crippen LogP contribution in [0.4, 0.5) is 0 Å². The van der Waals surface area contributed by atoms with Gasteiger partial charge in [0.15, 0.2) is 6.61 Å². The molecule has 0 heterocycles. The molecule has 1 aliphatic carbocycles. The van der Waals surface area contributed by atoms with E-state index >= 15 is 0 Å². The van der Waals surface area contributed by atoms with Gasteiger partial charge in [0.05, 0.1) is 5.02 Å². The zero-order valence-electron chi connectivity index (χ0n) is 19.0. The molecule has 0 aliphatic heterocycles. The predicted molar refractivity (Wildman–Crippen MR) is 141 cm³/mol. The lowest BCUT2D eigenvalue weighted by molar-refractivity contribution is -0.143. The van der Waals surface area contributed by atoms with Crippen LogP contribution in [-0.2, 0) is 16.1 Å². The van der Waals surface area contributed by atoms with Crippen LogP contribution in [0.2, 0.25) is 15.1 Å². The van der Waals surface area contributed by atoms with Gasteiger partial charge in [0, 0.05) is 27.1 Å². The average molecular weight is 591 g/mol. The largest absolute Gasteiger partial charge is 0.482 e. The van der Waals surface area contributed by atoms with Gasteiger partial charge in [-0.3, -0.25) is 9.59 Å². The van der Waals surface area contributed by atoms with Gasteiger partial charge < -0.3 is 15.0 Å². The third-order valence-electron chi connectivity index (χ3n) is 5.94. The summed E-state index contributed by atoms with van der Waals surface area (Å²) in [4.78, 5) is 28.2. The first-order chi connectivity index (χ1) is 16.3. The molecule has 5 nitrogen and oxygen atoms in total. The second-order valence-electron chi connectivity index (χ2n) is 8.39. The molecular weight excluding hydrogens is 563 g/mol. The van der Waals surface area contributed by atoms with E-state index in [1.54, 1.807) is 36.4 Å². The lowest BCUT2D eigenvalue weighted by atomic mass is 9.95. The number of ether oxygens (including phenoxy) is 1. The SMILES string of the molecule is CCC(C(=O)NC1CCCCC1)N(Cc1ccc(Cl)cc1Cl)C(=O)COc1ccc(Br)cc1Cl. The number of hydrogen-bond donors (Lipinski definition) is 1. The van der Waals surface area contributed by atoms with Crippen molar-refractivity contribution >= 4 is 62.5 Å². The molecular formula is C25H28BrCl3N2O3. The van der Waals surface area contributed by atoms with Crippen molar-refractivity contribution in [1.29, 1.82) is 0 Å². The standard InChI is InChI=1S/C25H28BrCl3N2O3/c1-2-22(25(33)30-19-6-4-3-5-7-19)31(14-16-8-10-18(27)13-20(16)28)24(32)15-34-23-11-9-17(26)12-21(23)29/h8-13,19,22H,2-7,14-15H2,1H3,(H,30,33). The minimum absolute atomic E-state index is 0.143.